The van der Waals surface area contributed by atoms with Gasteiger partial charge in [-0.25, -0.2) is 4.39 Å². The highest BCUT2D eigenvalue weighted by molar-refractivity contribution is 9.10. The Morgan fingerprint density at radius 3 is 2.60 bits per heavy atom. The van der Waals surface area contributed by atoms with E-state index < -0.39 is 11.7 Å². The molecule has 0 bridgehead atoms. The zero-order valence-electron chi connectivity index (χ0n) is 8.90. The lowest BCUT2D eigenvalue weighted by Crippen LogP contribution is -2.31. The Bertz CT molecular complexity index is 390. The molecule has 2 nitrogen and oxygen atoms in total. The van der Waals surface area contributed by atoms with E-state index in [-0.39, 0.29) is 11.6 Å². The molecule has 0 heterocycles. The lowest BCUT2D eigenvalue weighted by molar-refractivity contribution is 0.0938. The maximum absolute atomic E-state index is 13.4. The van der Waals surface area contributed by atoms with E-state index in [1.165, 1.54) is 6.07 Å². The van der Waals surface area contributed by atoms with Crippen LogP contribution >= 0.6 is 15.9 Å². The van der Waals surface area contributed by atoms with Crippen LogP contribution in [0.2, 0.25) is 0 Å². The highest BCUT2D eigenvalue weighted by Crippen LogP contribution is 2.23. The van der Waals surface area contributed by atoms with Gasteiger partial charge in [0.2, 0.25) is 0 Å². The molecule has 1 N–H and O–H groups in total. The van der Waals surface area contributed by atoms with Crippen LogP contribution in [-0.2, 0) is 0 Å². The minimum atomic E-state index is -0.509. The normalized spacial score (nSPS) is 10.5. The average molecular weight is 274 g/mol. The molecule has 0 radical (unpaired) electrons. The van der Waals surface area contributed by atoms with Crippen molar-refractivity contribution >= 4 is 21.8 Å². The topological polar surface area (TPSA) is 29.1 Å². The first-order valence-electron chi connectivity index (χ1n) is 4.69. The minimum Gasteiger partial charge on any atom is -0.350 e. The van der Waals surface area contributed by atoms with E-state index in [1.807, 2.05) is 20.8 Å². The Labute approximate surface area is 97.0 Å². The molecule has 0 atom stereocenters. The van der Waals surface area contributed by atoms with Gasteiger partial charge < -0.3 is 5.32 Å². The Balaban J connectivity index is 3.13. The fourth-order valence-corrected chi connectivity index (χ4v) is 1.70. The maximum atomic E-state index is 13.4. The molecule has 0 unspecified atom stereocenters. The van der Waals surface area contributed by atoms with Gasteiger partial charge in [-0.05, 0) is 48.3 Å². The summed E-state index contributed by atoms with van der Waals surface area (Å²) in [6, 6.07) is 2.92. The molecule has 0 aliphatic heterocycles. The first-order chi connectivity index (χ1) is 6.93. The first kappa shape index (κ1) is 12.2. The summed E-state index contributed by atoms with van der Waals surface area (Å²) >= 11 is 3.22. The highest BCUT2D eigenvalue weighted by Gasteiger charge is 2.17. The van der Waals surface area contributed by atoms with Crippen LogP contribution < -0.4 is 5.32 Å². The van der Waals surface area contributed by atoms with E-state index in [1.54, 1.807) is 6.07 Å². The van der Waals surface area contributed by atoms with Crippen molar-refractivity contribution in [2.45, 2.75) is 26.8 Å². The summed E-state index contributed by atoms with van der Waals surface area (Å²) in [5.41, 5.74) is 0.911. The number of hydrogen-bond donors (Lipinski definition) is 1. The number of carbonyl (C=O) groups is 1. The molecule has 0 fully saturated rings. The number of aryl methyl sites for hydroxylation is 1. The summed E-state index contributed by atoms with van der Waals surface area (Å²) < 4.78 is 14.0. The summed E-state index contributed by atoms with van der Waals surface area (Å²) in [5, 5.41) is 2.66. The quantitative estimate of drug-likeness (QED) is 0.882. The van der Waals surface area contributed by atoms with Crippen molar-refractivity contribution in [3.05, 3.63) is 33.5 Å². The van der Waals surface area contributed by atoms with Gasteiger partial charge in [0.15, 0.2) is 0 Å². The zero-order chi connectivity index (χ0) is 11.6. The third-order valence-electron chi connectivity index (χ3n) is 1.93. The molecule has 0 saturated carbocycles. The first-order valence-corrected chi connectivity index (χ1v) is 5.48. The molecule has 0 aromatic heterocycles. The lowest BCUT2D eigenvalue weighted by atomic mass is 10.1. The van der Waals surface area contributed by atoms with Crippen LogP contribution in [0.5, 0.6) is 0 Å². The number of hydrogen-bond acceptors (Lipinski definition) is 1. The van der Waals surface area contributed by atoms with Crippen molar-refractivity contribution in [2.75, 3.05) is 0 Å². The van der Waals surface area contributed by atoms with Crippen LogP contribution in [0.1, 0.15) is 29.8 Å². The summed E-state index contributed by atoms with van der Waals surface area (Å²) in [6.07, 6.45) is 0. The van der Waals surface area contributed by atoms with E-state index in [0.29, 0.717) is 4.47 Å². The molecule has 0 aliphatic rings. The van der Waals surface area contributed by atoms with Crippen LogP contribution in [0.4, 0.5) is 4.39 Å². The van der Waals surface area contributed by atoms with E-state index in [2.05, 4.69) is 21.2 Å². The molecule has 1 aromatic carbocycles. The van der Waals surface area contributed by atoms with Gasteiger partial charge in [-0.15, -0.1) is 0 Å². The largest absolute Gasteiger partial charge is 0.350 e. The van der Waals surface area contributed by atoms with Crippen molar-refractivity contribution in [1.29, 1.82) is 0 Å². The summed E-state index contributed by atoms with van der Waals surface area (Å²) in [6.45, 7) is 5.48. The molecule has 1 rings (SSSR count). The monoisotopic (exact) mass is 273 g/mol. The predicted octanol–water partition coefficient (Wildman–Crippen LogP) is 3.03. The molecule has 82 valence electrons. The van der Waals surface area contributed by atoms with E-state index in [9.17, 15) is 9.18 Å². The van der Waals surface area contributed by atoms with Crippen LogP contribution in [0.25, 0.3) is 0 Å². The Kier molecular flexibility index (Phi) is 3.85. The van der Waals surface area contributed by atoms with Gasteiger partial charge in [0.1, 0.15) is 5.82 Å². The SMILES string of the molecule is Cc1ccc(F)c(C(=O)NC(C)C)c1Br. The predicted molar refractivity (Wildman–Crippen MR) is 61.4 cm³/mol. The molecule has 0 spiro atoms. The van der Waals surface area contributed by atoms with Gasteiger partial charge in [0.05, 0.1) is 5.56 Å². The van der Waals surface area contributed by atoms with E-state index in [4.69, 9.17) is 0 Å². The molecular formula is C11H13BrFNO. The number of nitrogens with one attached hydrogen (secondary N) is 1. The number of halogens is 2. The van der Waals surface area contributed by atoms with E-state index >= 15 is 0 Å². The molecule has 15 heavy (non-hydrogen) atoms. The second-order valence-corrected chi connectivity index (χ2v) is 4.47. The molecule has 0 aliphatic carbocycles. The van der Waals surface area contributed by atoms with Crippen molar-refractivity contribution < 1.29 is 9.18 Å². The number of amides is 1. The Hall–Kier alpha value is -0.900. The summed E-state index contributed by atoms with van der Waals surface area (Å²) in [7, 11) is 0. The third kappa shape index (κ3) is 2.78. The summed E-state index contributed by atoms with van der Waals surface area (Å²) in [5.74, 6) is -0.899. The van der Waals surface area contributed by atoms with Crippen molar-refractivity contribution in [3.63, 3.8) is 0 Å². The lowest BCUT2D eigenvalue weighted by Gasteiger charge is -2.11. The van der Waals surface area contributed by atoms with Gasteiger partial charge in [0, 0.05) is 10.5 Å². The zero-order valence-corrected chi connectivity index (χ0v) is 10.5. The standard InChI is InChI=1S/C11H13BrFNO/c1-6(2)14-11(15)9-8(13)5-4-7(3)10(9)12/h4-6H,1-3H3,(H,14,15). The fourth-order valence-electron chi connectivity index (χ4n) is 1.20. The highest BCUT2D eigenvalue weighted by atomic mass is 79.9. The van der Waals surface area contributed by atoms with Gasteiger partial charge >= 0.3 is 0 Å². The maximum Gasteiger partial charge on any atom is 0.255 e. The van der Waals surface area contributed by atoms with Gasteiger partial charge in [0.25, 0.3) is 5.91 Å². The van der Waals surface area contributed by atoms with Crippen LogP contribution in [-0.4, -0.2) is 11.9 Å². The van der Waals surface area contributed by atoms with Gasteiger partial charge in [-0.3, -0.25) is 4.79 Å². The van der Waals surface area contributed by atoms with Crippen molar-refractivity contribution in [1.82, 2.24) is 5.32 Å². The third-order valence-corrected chi connectivity index (χ3v) is 2.95. The van der Waals surface area contributed by atoms with Gasteiger partial charge in [-0.2, -0.15) is 0 Å². The van der Waals surface area contributed by atoms with Gasteiger partial charge in [-0.1, -0.05) is 6.07 Å². The Morgan fingerprint density at radius 1 is 1.47 bits per heavy atom. The van der Waals surface area contributed by atoms with Crippen molar-refractivity contribution in [2.24, 2.45) is 0 Å². The number of rotatable bonds is 2. The summed E-state index contributed by atoms with van der Waals surface area (Å²) in [4.78, 5) is 11.7. The van der Waals surface area contributed by atoms with Crippen LogP contribution in [0.3, 0.4) is 0 Å². The number of benzene rings is 1. The molecule has 1 amide bonds. The van der Waals surface area contributed by atoms with Crippen molar-refractivity contribution in [3.8, 4) is 0 Å². The van der Waals surface area contributed by atoms with E-state index in [0.717, 1.165) is 5.56 Å². The average Bonchev–Trinajstić information content (AvgIpc) is 2.11. The second-order valence-electron chi connectivity index (χ2n) is 3.68. The molecule has 1 aromatic rings. The van der Waals surface area contributed by atoms with Crippen LogP contribution in [0, 0.1) is 12.7 Å². The minimum absolute atomic E-state index is 0.00990. The smallest absolute Gasteiger partial charge is 0.255 e. The van der Waals surface area contributed by atoms with Crippen LogP contribution in [0.15, 0.2) is 16.6 Å². The second kappa shape index (κ2) is 4.75. The number of carbonyl (C=O) groups excluding carboxylic acids is 1. The molecular weight excluding hydrogens is 261 g/mol. The molecule has 4 heteroatoms. The Morgan fingerprint density at radius 2 is 2.07 bits per heavy atom. The molecule has 0 saturated heterocycles. The fraction of sp³-hybridized carbons (Fsp3) is 0.364.